The minimum absolute atomic E-state index is 0.659. The number of hydrogen-bond acceptors (Lipinski definition) is 5. The zero-order valence-electron chi connectivity index (χ0n) is 23.0. The van der Waals surface area contributed by atoms with Crippen LogP contribution in [-0.4, -0.2) is 24.9 Å². The number of halogens is 1. The molecule has 0 atom stereocenters. The highest BCUT2D eigenvalue weighted by molar-refractivity contribution is 9.10. The van der Waals surface area contributed by atoms with Crippen LogP contribution >= 0.6 is 15.9 Å². The molecule has 0 saturated carbocycles. The molecule has 0 aliphatic heterocycles. The molecular formula is C37H24BrN5. The molecule has 0 aliphatic rings. The largest absolute Gasteiger partial charge is 0.265 e. The molecule has 0 saturated heterocycles. The lowest BCUT2D eigenvalue weighted by Gasteiger charge is -2.12. The molecule has 0 radical (unpaired) electrons. The maximum Gasteiger partial charge on any atom is 0.160 e. The van der Waals surface area contributed by atoms with E-state index in [4.69, 9.17) is 9.97 Å². The average Bonchev–Trinajstić information content (AvgIpc) is 3.09. The quantitative estimate of drug-likeness (QED) is 0.186. The molecule has 204 valence electrons. The van der Waals surface area contributed by atoms with Crippen LogP contribution in [0.2, 0.25) is 0 Å². The highest BCUT2D eigenvalue weighted by atomic mass is 79.9. The van der Waals surface area contributed by atoms with E-state index in [1.807, 2.05) is 49.1 Å². The minimum atomic E-state index is 0.659. The number of rotatable bonds is 6. The summed E-state index contributed by atoms with van der Waals surface area (Å²) >= 11 is 3.72. The van der Waals surface area contributed by atoms with Crippen LogP contribution in [0.3, 0.4) is 0 Å². The van der Waals surface area contributed by atoms with Gasteiger partial charge in [-0.3, -0.25) is 15.0 Å². The van der Waals surface area contributed by atoms with Gasteiger partial charge in [-0.2, -0.15) is 0 Å². The Balaban J connectivity index is 1.34. The van der Waals surface area contributed by atoms with Crippen molar-refractivity contribution < 1.29 is 0 Å². The van der Waals surface area contributed by atoms with Crippen molar-refractivity contribution in [1.29, 1.82) is 0 Å². The Labute approximate surface area is 258 Å². The summed E-state index contributed by atoms with van der Waals surface area (Å²) < 4.78 is 0.966. The van der Waals surface area contributed by atoms with Crippen molar-refractivity contribution >= 4 is 15.9 Å². The zero-order valence-corrected chi connectivity index (χ0v) is 24.6. The van der Waals surface area contributed by atoms with Crippen molar-refractivity contribution in [1.82, 2.24) is 24.9 Å². The Hall–Kier alpha value is -5.33. The highest BCUT2D eigenvalue weighted by Crippen LogP contribution is 2.33. The van der Waals surface area contributed by atoms with E-state index in [1.54, 1.807) is 12.4 Å². The molecule has 0 N–H and O–H groups in total. The van der Waals surface area contributed by atoms with Crippen LogP contribution in [0.1, 0.15) is 0 Å². The molecule has 0 amide bonds. The molecule has 7 aromatic rings. The SMILES string of the molecule is Brc1cc(-c2cccnc2)cc(-c2cc(-c3ccc(-c4ccncc4)cc3)nc(-c3ccc(-c4cccnc4)cc3)n2)c1. The Morgan fingerprint density at radius 1 is 0.372 bits per heavy atom. The molecule has 0 bridgehead atoms. The van der Waals surface area contributed by atoms with Crippen LogP contribution in [0.15, 0.2) is 151 Å². The van der Waals surface area contributed by atoms with Crippen LogP contribution in [0, 0.1) is 0 Å². The number of benzene rings is 3. The van der Waals surface area contributed by atoms with Gasteiger partial charge in [-0.05, 0) is 76.3 Å². The predicted molar refractivity (Wildman–Crippen MR) is 176 cm³/mol. The van der Waals surface area contributed by atoms with Gasteiger partial charge in [0.25, 0.3) is 0 Å². The lowest BCUT2D eigenvalue weighted by molar-refractivity contribution is 1.18. The topological polar surface area (TPSA) is 64.5 Å². The molecule has 6 heteroatoms. The second-order valence-electron chi connectivity index (χ2n) is 10.1. The number of nitrogens with zero attached hydrogens (tertiary/aromatic N) is 5. The molecule has 43 heavy (non-hydrogen) atoms. The molecule has 4 heterocycles. The average molecular weight is 619 g/mol. The van der Waals surface area contributed by atoms with E-state index in [0.29, 0.717) is 5.82 Å². The van der Waals surface area contributed by atoms with Gasteiger partial charge in [-0.15, -0.1) is 0 Å². The van der Waals surface area contributed by atoms with E-state index < -0.39 is 0 Å². The van der Waals surface area contributed by atoms with Crippen LogP contribution < -0.4 is 0 Å². The Bertz CT molecular complexity index is 1900. The van der Waals surface area contributed by atoms with Gasteiger partial charge in [-0.25, -0.2) is 9.97 Å². The van der Waals surface area contributed by atoms with E-state index in [1.165, 1.54) is 0 Å². The normalized spacial score (nSPS) is 10.9. The Morgan fingerprint density at radius 3 is 1.51 bits per heavy atom. The van der Waals surface area contributed by atoms with Crippen molar-refractivity contribution in [3.63, 3.8) is 0 Å². The molecular weight excluding hydrogens is 594 g/mol. The van der Waals surface area contributed by atoms with Crippen LogP contribution in [0.4, 0.5) is 0 Å². The van der Waals surface area contributed by atoms with Crippen molar-refractivity contribution in [3.05, 3.63) is 151 Å². The van der Waals surface area contributed by atoms with Crippen molar-refractivity contribution in [3.8, 4) is 67.3 Å². The molecule has 0 aliphatic carbocycles. The third-order valence-electron chi connectivity index (χ3n) is 7.25. The third kappa shape index (κ3) is 5.87. The third-order valence-corrected chi connectivity index (χ3v) is 7.70. The van der Waals surface area contributed by atoms with Gasteiger partial charge in [0.1, 0.15) is 0 Å². The Kier molecular flexibility index (Phi) is 7.34. The smallest absolute Gasteiger partial charge is 0.160 e. The van der Waals surface area contributed by atoms with Crippen LogP contribution in [0.5, 0.6) is 0 Å². The molecule has 4 aromatic heterocycles. The fraction of sp³-hybridized carbons (Fsp3) is 0. The minimum Gasteiger partial charge on any atom is -0.265 e. The first-order valence-corrected chi connectivity index (χ1v) is 14.6. The van der Waals surface area contributed by atoms with Gasteiger partial charge in [0, 0.05) is 63.9 Å². The summed E-state index contributed by atoms with van der Waals surface area (Å²) in [5, 5.41) is 0. The van der Waals surface area contributed by atoms with Gasteiger partial charge in [0.05, 0.1) is 11.4 Å². The molecule has 5 nitrogen and oxygen atoms in total. The first-order chi connectivity index (χ1) is 21.2. The standard InChI is InChI=1S/C37H24BrN5/c38-34-20-32(31-4-2-16-41-24-31)19-33(21-34)36-22-35(28-9-5-25(6-10-28)27-13-17-39-18-14-27)42-37(43-36)29-11-7-26(8-12-29)30-3-1-15-40-23-30/h1-24H. The fourth-order valence-corrected chi connectivity index (χ4v) is 5.53. The summed E-state index contributed by atoms with van der Waals surface area (Å²) in [7, 11) is 0. The number of hydrogen-bond donors (Lipinski definition) is 0. The maximum atomic E-state index is 5.08. The first-order valence-electron chi connectivity index (χ1n) is 13.8. The highest BCUT2D eigenvalue weighted by Gasteiger charge is 2.13. The van der Waals surface area contributed by atoms with Crippen LogP contribution in [-0.2, 0) is 0 Å². The summed E-state index contributed by atoms with van der Waals surface area (Å²) in [6.07, 6.45) is 10.9. The van der Waals surface area contributed by atoms with E-state index in [2.05, 4.69) is 116 Å². The molecule has 0 spiro atoms. The Morgan fingerprint density at radius 2 is 0.884 bits per heavy atom. The summed E-state index contributed by atoms with van der Waals surface area (Å²) in [6.45, 7) is 0. The van der Waals surface area contributed by atoms with Gasteiger partial charge < -0.3 is 0 Å². The lowest BCUT2D eigenvalue weighted by atomic mass is 10.00. The first kappa shape index (κ1) is 26.6. The summed E-state index contributed by atoms with van der Waals surface area (Å²) in [5.41, 5.74) is 11.1. The number of pyridine rings is 3. The molecule has 0 unspecified atom stereocenters. The summed E-state index contributed by atoms with van der Waals surface area (Å²) in [4.78, 5) is 22.8. The monoisotopic (exact) mass is 617 g/mol. The van der Waals surface area contributed by atoms with Gasteiger partial charge in [0.15, 0.2) is 5.82 Å². The van der Waals surface area contributed by atoms with Crippen LogP contribution in [0.25, 0.3) is 67.3 Å². The van der Waals surface area contributed by atoms with E-state index >= 15 is 0 Å². The van der Waals surface area contributed by atoms with Crippen molar-refractivity contribution in [2.24, 2.45) is 0 Å². The van der Waals surface area contributed by atoms with E-state index in [9.17, 15) is 0 Å². The second-order valence-corrected chi connectivity index (χ2v) is 11.0. The van der Waals surface area contributed by atoms with Crippen molar-refractivity contribution in [2.45, 2.75) is 0 Å². The van der Waals surface area contributed by atoms with Gasteiger partial charge in [-0.1, -0.05) is 76.6 Å². The zero-order chi connectivity index (χ0) is 29.0. The lowest BCUT2D eigenvalue weighted by Crippen LogP contribution is -1.96. The van der Waals surface area contributed by atoms with E-state index in [0.717, 1.165) is 65.9 Å². The maximum absolute atomic E-state index is 5.08. The number of aromatic nitrogens is 5. The van der Waals surface area contributed by atoms with Gasteiger partial charge in [0.2, 0.25) is 0 Å². The second kappa shape index (κ2) is 11.9. The summed E-state index contributed by atoms with van der Waals surface area (Å²) in [6, 6.07) is 37.2. The van der Waals surface area contributed by atoms with E-state index in [-0.39, 0.29) is 0 Å². The summed E-state index contributed by atoms with van der Waals surface area (Å²) in [5.74, 6) is 0.659. The molecule has 7 rings (SSSR count). The van der Waals surface area contributed by atoms with Gasteiger partial charge >= 0.3 is 0 Å². The van der Waals surface area contributed by atoms with Crippen molar-refractivity contribution in [2.75, 3.05) is 0 Å². The molecule has 3 aromatic carbocycles. The predicted octanol–water partition coefficient (Wildman–Crippen LogP) is 9.43. The fourth-order valence-electron chi connectivity index (χ4n) is 5.03. The molecule has 0 fully saturated rings.